The number of carbonyl (C=O) groups excluding carboxylic acids is 2. The van der Waals surface area contributed by atoms with Crippen LogP contribution in [0.1, 0.15) is 27.9 Å². The van der Waals surface area contributed by atoms with Crippen LogP contribution in [0, 0.1) is 17.5 Å². The number of carboxylic acids is 1. The van der Waals surface area contributed by atoms with Crippen LogP contribution in [-0.4, -0.2) is 28.9 Å². The first-order valence-corrected chi connectivity index (χ1v) is 11.4. The average Bonchev–Trinajstić information content (AvgIpc) is 2.78. The van der Waals surface area contributed by atoms with Gasteiger partial charge in [0.05, 0.1) is 15.7 Å². The highest BCUT2D eigenvalue weighted by molar-refractivity contribution is 6.39. The number of aliphatic carboxylic acids is 1. The molecular weight excluding hydrogens is 520 g/mol. The van der Waals surface area contributed by atoms with Gasteiger partial charge in [0.2, 0.25) is 5.91 Å². The van der Waals surface area contributed by atoms with E-state index in [0.29, 0.717) is 22.4 Å². The van der Waals surface area contributed by atoms with Gasteiger partial charge in [0.25, 0.3) is 5.91 Å². The maximum Gasteiger partial charge on any atom is 0.326 e. The number of fused-ring (bicyclic) bond motifs is 1. The number of nitrogens with one attached hydrogen (secondary N) is 2. The minimum atomic E-state index is -1.54. The third-order valence-electron chi connectivity index (χ3n) is 5.77. The van der Waals surface area contributed by atoms with E-state index in [1.165, 1.54) is 0 Å². The molecule has 0 saturated heterocycles. The zero-order valence-electron chi connectivity index (χ0n) is 18.3. The van der Waals surface area contributed by atoms with Gasteiger partial charge in [0, 0.05) is 24.0 Å². The summed E-state index contributed by atoms with van der Waals surface area (Å²) in [4.78, 5) is 36.6. The Morgan fingerprint density at radius 1 is 1.03 bits per heavy atom. The molecule has 0 radical (unpaired) electrons. The van der Waals surface area contributed by atoms with E-state index in [9.17, 15) is 32.7 Å². The maximum atomic E-state index is 14.0. The molecule has 3 aromatic carbocycles. The molecule has 0 aliphatic carbocycles. The van der Waals surface area contributed by atoms with Crippen molar-refractivity contribution in [2.45, 2.75) is 25.3 Å². The predicted octanol–water partition coefficient (Wildman–Crippen LogP) is 5.39. The monoisotopic (exact) mass is 536 g/mol. The van der Waals surface area contributed by atoms with Crippen molar-refractivity contribution < 1.29 is 32.7 Å². The summed E-state index contributed by atoms with van der Waals surface area (Å²) in [6.45, 7) is 0. The molecule has 0 bridgehead atoms. The molecule has 0 fully saturated rings. The summed E-state index contributed by atoms with van der Waals surface area (Å²) in [5.74, 6) is -5.85. The standard InChI is InChI=1S/C25H17Cl2F3N2O4/c26-15-9-12(28)10-16(27)21(15)14-5-4-11(13-6-7-20(33)32-23(13)14)8-19(25(35)36)31-24(34)22-17(29)2-1-3-18(22)30/h1-5,9-10,19H,6-8H2,(H,31,34)(H,32,33)(H,35,36)/t19-/m0/s1. The van der Waals surface area contributed by atoms with Crippen molar-refractivity contribution in [2.75, 3.05) is 5.32 Å². The Labute approximate surface area is 213 Å². The summed E-state index contributed by atoms with van der Waals surface area (Å²) < 4.78 is 41.7. The summed E-state index contributed by atoms with van der Waals surface area (Å²) in [5.41, 5.74) is 1.15. The van der Waals surface area contributed by atoms with Gasteiger partial charge < -0.3 is 15.7 Å². The van der Waals surface area contributed by atoms with Crippen molar-refractivity contribution in [1.82, 2.24) is 5.32 Å². The number of halogens is 5. The van der Waals surface area contributed by atoms with E-state index in [1.807, 2.05) is 0 Å². The van der Waals surface area contributed by atoms with Gasteiger partial charge in [-0.3, -0.25) is 9.59 Å². The summed E-state index contributed by atoms with van der Waals surface area (Å²) in [7, 11) is 0. The van der Waals surface area contributed by atoms with Crippen LogP contribution in [0.5, 0.6) is 0 Å². The molecule has 3 aromatic rings. The van der Waals surface area contributed by atoms with E-state index in [0.717, 1.165) is 30.3 Å². The summed E-state index contributed by atoms with van der Waals surface area (Å²) in [6.07, 6.45) is 0.0996. The molecule has 0 aromatic heterocycles. The van der Waals surface area contributed by atoms with Crippen LogP contribution in [0.2, 0.25) is 10.0 Å². The van der Waals surface area contributed by atoms with E-state index in [2.05, 4.69) is 10.6 Å². The first-order chi connectivity index (χ1) is 17.1. The number of hydrogen-bond donors (Lipinski definition) is 3. The van der Waals surface area contributed by atoms with Gasteiger partial charge >= 0.3 is 5.97 Å². The fraction of sp³-hybridized carbons (Fsp3) is 0.160. The van der Waals surface area contributed by atoms with Crippen molar-refractivity contribution >= 4 is 46.7 Å². The van der Waals surface area contributed by atoms with Crippen molar-refractivity contribution in [3.63, 3.8) is 0 Å². The highest BCUT2D eigenvalue weighted by Crippen LogP contribution is 2.43. The Morgan fingerprint density at radius 3 is 2.28 bits per heavy atom. The van der Waals surface area contributed by atoms with Gasteiger partial charge in [-0.1, -0.05) is 41.4 Å². The number of rotatable bonds is 6. The zero-order chi connectivity index (χ0) is 26.1. The molecule has 4 rings (SSSR count). The molecule has 1 heterocycles. The fourth-order valence-electron chi connectivity index (χ4n) is 4.12. The molecular formula is C25H17Cl2F3N2O4. The molecule has 186 valence electrons. The quantitative estimate of drug-likeness (QED) is 0.393. The van der Waals surface area contributed by atoms with E-state index < -0.39 is 40.9 Å². The Morgan fingerprint density at radius 2 is 1.67 bits per heavy atom. The van der Waals surface area contributed by atoms with Crippen LogP contribution in [0.25, 0.3) is 11.1 Å². The van der Waals surface area contributed by atoms with E-state index in [4.69, 9.17) is 23.2 Å². The smallest absolute Gasteiger partial charge is 0.326 e. The number of carbonyl (C=O) groups is 3. The van der Waals surface area contributed by atoms with Crippen molar-refractivity contribution in [3.8, 4) is 11.1 Å². The number of anilines is 1. The fourth-order valence-corrected chi connectivity index (χ4v) is 4.79. The second kappa shape index (κ2) is 10.2. The van der Waals surface area contributed by atoms with Crippen molar-refractivity contribution in [1.29, 1.82) is 0 Å². The van der Waals surface area contributed by atoms with Crippen LogP contribution in [0.3, 0.4) is 0 Å². The van der Waals surface area contributed by atoms with Crippen molar-refractivity contribution in [3.05, 3.63) is 86.7 Å². The van der Waals surface area contributed by atoms with Crippen LogP contribution in [0.4, 0.5) is 18.9 Å². The molecule has 0 unspecified atom stereocenters. The molecule has 6 nitrogen and oxygen atoms in total. The number of carboxylic acid groups (broad SMARTS) is 1. The second-order valence-electron chi connectivity index (χ2n) is 8.08. The molecule has 0 spiro atoms. The Hall–Kier alpha value is -3.56. The SMILES string of the molecule is O=C1CCc2c(C[C@H](NC(=O)c3c(F)cccc3F)C(=O)O)ccc(-c3c(Cl)cc(F)cc3Cl)c2N1. The topological polar surface area (TPSA) is 95.5 Å². The largest absolute Gasteiger partial charge is 0.480 e. The highest BCUT2D eigenvalue weighted by atomic mass is 35.5. The average molecular weight is 537 g/mol. The Balaban J connectivity index is 1.72. The number of amides is 2. The van der Waals surface area contributed by atoms with Crippen LogP contribution in [-0.2, 0) is 22.4 Å². The second-order valence-corrected chi connectivity index (χ2v) is 8.90. The van der Waals surface area contributed by atoms with Gasteiger partial charge in [-0.15, -0.1) is 0 Å². The van der Waals surface area contributed by atoms with Gasteiger partial charge in [0.1, 0.15) is 29.1 Å². The lowest BCUT2D eigenvalue weighted by Gasteiger charge is -2.25. The maximum absolute atomic E-state index is 14.0. The molecule has 36 heavy (non-hydrogen) atoms. The van der Waals surface area contributed by atoms with E-state index in [-0.39, 0.29) is 40.8 Å². The molecule has 2 amide bonds. The molecule has 3 N–H and O–H groups in total. The first-order valence-electron chi connectivity index (χ1n) is 10.6. The number of hydrogen-bond acceptors (Lipinski definition) is 3. The molecule has 1 atom stereocenters. The number of benzene rings is 3. The normalized spacial score (nSPS) is 13.5. The predicted molar refractivity (Wildman–Crippen MR) is 128 cm³/mol. The van der Waals surface area contributed by atoms with Gasteiger partial charge in [-0.05, 0) is 41.8 Å². The van der Waals surface area contributed by atoms with Crippen LogP contribution >= 0.6 is 23.2 Å². The van der Waals surface area contributed by atoms with Crippen LogP contribution < -0.4 is 10.6 Å². The third-order valence-corrected chi connectivity index (χ3v) is 6.37. The summed E-state index contributed by atoms with van der Waals surface area (Å²) in [5, 5.41) is 14.6. The molecule has 1 aliphatic rings. The van der Waals surface area contributed by atoms with E-state index >= 15 is 0 Å². The minimum absolute atomic E-state index is 0.0114. The summed E-state index contributed by atoms with van der Waals surface area (Å²) in [6, 6.07) is 6.58. The minimum Gasteiger partial charge on any atom is -0.480 e. The van der Waals surface area contributed by atoms with E-state index in [1.54, 1.807) is 12.1 Å². The van der Waals surface area contributed by atoms with Gasteiger partial charge in [0.15, 0.2) is 0 Å². The van der Waals surface area contributed by atoms with Crippen LogP contribution in [0.15, 0.2) is 42.5 Å². The third kappa shape index (κ3) is 5.03. The van der Waals surface area contributed by atoms with Gasteiger partial charge in [-0.2, -0.15) is 0 Å². The lowest BCUT2D eigenvalue weighted by molar-refractivity contribution is -0.139. The molecule has 0 saturated carbocycles. The first kappa shape index (κ1) is 25.5. The lowest BCUT2D eigenvalue weighted by atomic mass is 9.88. The summed E-state index contributed by atoms with van der Waals surface area (Å²) >= 11 is 12.5. The van der Waals surface area contributed by atoms with Gasteiger partial charge in [-0.25, -0.2) is 18.0 Å². The Bertz CT molecular complexity index is 1370. The Kier molecular flexibility index (Phi) is 7.23. The van der Waals surface area contributed by atoms with Crippen molar-refractivity contribution in [2.24, 2.45) is 0 Å². The molecule has 11 heteroatoms. The lowest BCUT2D eigenvalue weighted by Crippen LogP contribution is -2.43. The molecule has 1 aliphatic heterocycles. The zero-order valence-corrected chi connectivity index (χ0v) is 19.8. The highest BCUT2D eigenvalue weighted by Gasteiger charge is 2.29.